The fourth-order valence-electron chi connectivity index (χ4n) is 3.74. The monoisotopic (exact) mass is 401 g/mol. The van der Waals surface area contributed by atoms with Gasteiger partial charge in [0, 0.05) is 29.5 Å². The molecule has 1 aromatic carbocycles. The van der Waals surface area contributed by atoms with E-state index in [1.54, 1.807) is 12.4 Å². The van der Waals surface area contributed by atoms with Gasteiger partial charge in [-0.25, -0.2) is 0 Å². The van der Waals surface area contributed by atoms with E-state index in [9.17, 15) is 4.79 Å². The van der Waals surface area contributed by atoms with Gasteiger partial charge in [-0.05, 0) is 54.3 Å². The molecule has 0 fully saturated rings. The molecule has 164 valence electrons. The highest BCUT2D eigenvalue weighted by atomic mass is 16.1. The molecule has 1 unspecified atom stereocenters. The molecule has 0 saturated heterocycles. The van der Waals surface area contributed by atoms with E-state index >= 15 is 0 Å². The Morgan fingerprint density at radius 3 is 2.34 bits per heavy atom. The molecule has 4 heteroatoms. The van der Waals surface area contributed by atoms with Gasteiger partial charge in [0.25, 0.3) is 0 Å². The van der Waals surface area contributed by atoms with E-state index in [0.29, 0.717) is 17.9 Å². The second-order valence-corrected chi connectivity index (χ2v) is 8.19. The molecule has 2 N–H and O–H groups in total. The minimum atomic E-state index is 0.431. The molecule has 2 aromatic rings. The molecule has 1 amide bonds. The average Bonchev–Trinajstić information content (AvgIpc) is 2.69. The van der Waals surface area contributed by atoms with Crippen molar-refractivity contribution in [2.45, 2.75) is 80.7 Å². The molecular weight excluding hydrogens is 358 g/mol. The zero-order valence-corrected chi connectivity index (χ0v) is 19.9. The lowest BCUT2D eigenvalue weighted by molar-refractivity contribution is -0.105. The number of hydrogen-bond donors (Lipinski definition) is 2. The molecule has 0 aliphatic heterocycles. The van der Waals surface area contributed by atoms with Crippen LogP contribution < -0.4 is 10.6 Å². The van der Waals surface area contributed by atoms with Gasteiger partial charge in [0.2, 0.25) is 6.41 Å². The molecule has 1 atom stereocenters. The van der Waals surface area contributed by atoms with Gasteiger partial charge in [-0.3, -0.25) is 9.78 Å². The highest BCUT2D eigenvalue weighted by Crippen LogP contribution is 2.31. The van der Waals surface area contributed by atoms with Crippen LogP contribution in [-0.2, 0) is 4.79 Å². The van der Waals surface area contributed by atoms with Crippen LogP contribution in [0.5, 0.6) is 0 Å². The van der Waals surface area contributed by atoms with E-state index in [-0.39, 0.29) is 0 Å². The second-order valence-electron chi connectivity index (χ2n) is 8.19. The summed E-state index contributed by atoms with van der Waals surface area (Å²) in [5, 5.41) is 8.37. The molecular formula is C25H43N3O. The van der Waals surface area contributed by atoms with Crippen molar-refractivity contribution >= 4 is 22.9 Å². The lowest BCUT2D eigenvalue weighted by Crippen LogP contribution is -2.42. The molecule has 0 saturated carbocycles. The molecule has 0 aliphatic rings. The Bertz CT molecular complexity index is 677. The van der Waals surface area contributed by atoms with Crippen molar-refractivity contribution in [3.8, 4) is 0 Å². The third kappa shape index (κ3) is 10.4. The lowest BCUT2D eigenvalue weighted by Gasteiger charge is -2.36. The van der Waals surface area contributed by atoms with Crippen molar-refractivity contribution in [2.75, 3.05) is 11.9 Å². The summed E-state index contributed by atoms with van der Waals surface area (Å²) in [6.07, 6.45) is 8.08. The summed E-state index contributed by atoms with van der Waals surface area (Å²) in [5.41, 5.74) is 1.23. The Balaban J connectivity index is 0.000000498. The summed E-state index contributed by atoms with van der Waals surface area (Å²) >= 11 is 0. The summed E-state index contributed by atoms with van der Waals surface area (Å²) in [4.78, 5) is 14.2. The number of anilines is 1. The van der Waals surface area contributed by atoms with Crippen LogP contribution in [-0.4, -0.2) is 24.0 Å². The van der Waals surface area contributed by atoms with E-state index in [1.165, 1.54) is 19.3 Å². The number of fused-ring (bicyclic) bond motifs is 1. The smallest absolute Gasteiger partial charge is 0.211 e. The standard InChI is InChI=1S/C13H29N.C10H8N2O.C2H6/c1-7-9-12(14-8-2)13(5,6)10-11(3)4;13-7-12-10-2-1-9-6-11-4-3-8(9)5-10;1-2/h11-12,14H,7-10H2,1-6H3;1-7H,(H,12,13);1-2H3. The highest BCUT2D eigenvalue weighted by Gasteiger charge is 2.28. The number of nitrogens with one attached hydrogen (secondary N) is 2. The van der Waals surface area contributed by atoms with Crippen LogP contribution in [0.15, 0.2) is 36.7 Å². The van der Waals surface area contributed by atoms with E-state index in [2.05, 4.69) is 57.2 Å². The van der Waals surface area contributed by atoms with E-state index in [0.717, 1.165) is 28.9 Å². The maximum Gasteiger partial charge on any atom is 0.211 e. The molecule has 2 rings (SSSR count). The van der Waals surface area contributed by atoms with Crippen molar-refractivity contribution in [1.29, 1.82) is 0 Å². The Morgan fingerprint density at radius 1 is 1.10 bits per heavy atom. The van der Waals surface area contributed by atoms with Gasteiger partial charge in [0.1, 0.15) is 0 Å². The van der Waals surface area contributed by atoms with Gasteiger partial charge < -0.3 is 10.6 Å². The number of hydrogen-bond acceptors (Lipinski definition) is 3. The molecule has 0 bridgehead atoms. The Kier molecular flexibility index (Phi) is 14.0. The van der Waals surface area contributed by atoms with Gasteiger partial charge in [0.05, 0.1) is 0 Å². The Labute approximate surface area is 178 Å². The third-order valence-electron chi connectivity index (χ3n) is 4.77. The first-order chi connectivity index (χ1) is 13.8. The number of carbonyl (C=O) groups is 1. The second kappa shape index (κ2) is 15.0. The summed E-state index contributed by atoms with van der Waals surface area (Å²) in [5.74, 6) is 0.794. The van der Waals surface area contributed by atoms with Gasteiger partial charge in [0.15, 0.2) is 0 Å². The molecule has 0 radical (unpaired) electrons. The zero-order chi connectivity index (χ0) is 22.3. The van der Waals surface area contributed by atoms with E-state index in [4.69, 9.17) is 0 Å². The van der Waals surface area contributed by atoms with Crippen LogP contribution in [0.2, 0.25) is 0 Å². The number of amides is 1. The SMILES string of the molecule is CC.CCCC(NCC)C(C)(C)CC(C)C.O=CNc1ccc2cnccc2c1. The zero-order valence-electron chi connectivity index (χ0n) is 19.9. The number of carbonyl (C=O) groups excluding carboxylic acids is 1. The lowest BCUT2D eigenvalue weighted by atomic mass is 9.76. The Hall–Kier alpha value is -1.94. The molecule has 0 spiro atoms. The van der Waals surface area contributed by atoms with Crippen molar-refractivity contribution in [3.63, 3.8) is 0 Å². The van der Waals surface area contributed by atoms with Crippen LogP contribution in [0.1, 0.15) is 74.7 Å². The maximum atomic E-state index is 10.2. The van der Waals surface area contributed by atoms with Gasteiger partial charge in [-0.2, -0.15) is 0 Å². The summed E-state index contributed by atoms with van der Waals surface area (Å²) < 4.78 is 0. The first-order valence-electron chi connectivity index (χ1n) is 11.1. The predicted octanol–water partition coefficient (Wildman–Crippen LogP) is 6.67. The highest BCUT2D eigenvalue weighted by molar-refractivity contribution is 5.87. The normalized spacial score (nSPS) is 11.8. The average molecular weight is 402 g/mol. The molecule has 0 aliphatic carbocycles. The number of nitrogens with zero attached hydrogens (tertiary/aromatic N) is 1. The largest absolute Gasteiger partial charge is 0.329 e. The van der Waals surface area contributed by atoms with E-state index in [1.807, 2.05) is 38.1 Å². The van der Waals surface area contributed by atoms with Gasteiger partial charge >= 0.3 is 0 Å². The van der Waals surface area contributed by atoms with Crippen molar-refractivity contribution in [3.05, 3.63) is 36.7 Å². The van der Waals surface area contributed by atoms with Gasteiger partial charge in [-0.1, -0.05) is 67.9 Å². The quantitative estimate of drug-likeness (QED) is 0.462. The fourth-order valence-corrected chi connectivity index (χ4v) is 3.74. The van der Waals surface area contributed by atoms with Crippen molar-refractivity contribution in [2.24, 2.45) is 11.3 Å². The van der Waals surface area contributed by atoms with Crippen LogP contribution in [0.4, 0.5) is 5.69 Å². The third-order valence-corrected chi connectivity index (χ3v) is 4.77. The first kappa shape index (κ1) is 27.1. The van der Waals surface area contributed by atoms with E-state index < -0.39 is 0 Å². The summed E-state index contributed by atoms with van der Waals surface area (Å²) in [6.45, 7) is 19.0. The van der Waals surface area contributed by atoms with Gasteiger partial charge in [-0.15, -0.1) is 0 Å². The topological polar surface area (TPSA) is 54.0 Å². The van der Waals surface area contributed by atoms with Crippen LogP contribution in [0, 0.1) is 11.3 Å². The van der Waals surface area contributed by atoms with Crippen LogP contribution >= 0.6 is 0 Å². The fraction of sp³-hybridized carbons (Fsp3) is 0.600. The van der Waals surface area contributed by atoms with Crippen LogP contribution in [0.25, 0.3) is 10.8 Å². The number of benzene rings is 1. The molecule has 29 heavy (non-hydrogen) atoms. The summed E-state index contributed by atoms with van der Waals surface area (Å²) in [6, 6.07) is 8.27. The molecule has 1 aromatic heterocycles. The van der Waals surface area contributed by atoms with Crippen LogP contribution in [0.3, 0.4) is 0 Å². The number of aromatic nitrogens is 1. The summed E-state index contributed by atoms with van der Waals surface area (Å²) in [7, 11) is 0. The number of rotatable bonds is 9. The minimum Gasteiger partial charge on any atom is -0.329 e. The molecule has 4 nitrogen and oxygen atoms in total. The molecule has 1 heterocycles. The van der Waals surface area contributed by atoms with Crippen molar-refractivity contribution in [1.82, 2.24) is 10.3 Å². The Morgan fingerprint density at radius 2 is 1.79 bits per heavy atom. The van der Waals surface area contributed by atoms with Crippen molar-refractivity contribution < 1.29 is 4.79 Å². The predicted molar refractivity (Wildman–Crippen MR) is 128 cm³/mol. The maximum absolute atomic E-state index is 10.2. The number of pyridine rings is 1. The first-order valence-corrected chi connectivity index (χ1v) is 11.1. The minimum absolute atomic E-state index is 0.431.